The van der Waals surface area contributed by atoms with Crippen molar-refractivity contribution in [3.8, 4) is 0 Å². The predicted molar refractivity (Wildman–Crippen MR) is 71.3 cm³/mol. The Balaban J connectivity index is 1.95. The third-order valence-electron chi connectivity index (χ3n) is 4.09. The van der Waals surface area contributed by atoms with Gasteiger partial charge in [-0.3, -0.25) is 9.59 Å². The topological polar surface area (TPSA) is 69.6 Å². The maximum absolute atomic E-state index is 12.3. The number of nitrogens with one attached hydrogen (secondary N) is 1. The zero-order valence-corrected chi connectivity index (χ0v) is 11.8. The molecule has 1 aliphatic carbocycles. The molecule has 108 valence electrons. The second-order valence-corrected chi connectivity index (χ2v) is 6.01. The van der Waals surface area contributed by atoms with E-state index in [1.165, 1.54) is 0 Å². The molecule has 0 aromatic rings. The Hall–Kier alpha value is -1.10. The summed E-state index contributed by atoms with van der Waals surface area (Å²) in [5.74, 6) is 0.372. The summed E-state index contributed by atoms with van der Waals surface area (Å²) < 4.78 is 0. The van der Waals surface area contributed by atoms with Crippen LogP contribution in [-0.2, 0) is 9.59 Å². The highest BCUT2D eigenvalue weighted by molar-refractivity contribution is 5.90. The largest absolute Gasteiger partial charge is 0.394 e. The van der Waals surface area contributed by atoms with E-state index in [0.717, 1.165) is 25.7 Å². The highest BCUT2D eigenvalue weighted by Crippen LogP contribution is 2.33. The number of amides is 2. The fraction of sp³-hybridized carbons (Fsp3) is 0.857. The van der Waals surface area contributed by atoms with Crippen molar-refractivity contribution in [3.63, 3.8) is 0 Å². The number of likely N-dealkylation sites (tertiary alicyclic amines) is 1. The number of rotatable bonds is 5. The molecule has 0 radical (unpaired) electrons. The Kier molecular flexibility index (Phi) is 4.45. The van der Waals surface area contributed by atoms with Crippen LogP contribution in [0.5, 0.6) is 0 Å². The van der Waals surface area contributed by atoms with Gasteiger partial charge in [-0.05, 0) is 31.6 Å². The van der Waals surface area contributed by atoms with Crippen molar-refractivity contribution in [2.24, 2.45) is 11.8 Å². The van der Waals surface area contributed by atoms with Gasteiger partial charge in [-0.2, -0.15) is 0 Å². The van der Waals surface area contributed by atoms with Crippen molar-refractivity contribution < 1.29 is 14.7 Å². The summed E-state index contributed by atoms with van der Waals surface area (Å²) in [6.45, 7) is 4.55. The van der Waals surface area contributed by atoms with Crippen LogP contribution in [0, 0.1) is 11.8 Å². The third kappa shape index (κ3) is 3.26. The monoisotopic (exact) mass is 268 g/mol. The molecule has 2 rings (SSSR count). The van der Waals surface area contributed by atoms with Gasteiger partial charge in [0.05, 0.1) is 12.6 Å². The standard InChI is InChI=1S/C14H24N2O3/c1-9(2)11(8-17)15-13(18)12-4-3-7-16(12)14(19)10-5-6-10/h9-12,17H,3-8H2,1-2H3,(H,15,18)/t11-,12?/m1/s1. The smallest absolute Gasteiger partial charge is 0.243 e. The van der Waals surface area contributed by atoms with Gasteiger partial charge in [-0.15, -0.1) is 0 Å². The first-order valence-electron chi connectivity index (χ1n) is 7.26. The van der Waals surface area contributed by atoms with Crippen LogP contribution in [0.25, 0.3) is 0 Å². The lowest BCUT2D eigenvalue weighted by Crippen LogP contribution is -2.51. The third-order valence-corrected chi connectivity index (χ3v) is 4.09. The molecule has 1 saturated carbocycles. The first-order valence-corrected chi connectivity index (χ1v) is 7.26. The van der Waals surface area contributed by atoms with E-state index in [1.807, 2.05) is 13.8 Å². The van der Waals surface area contributed by atoms with Crippen LogP contribution in [0.2, 0.25) is 0 Å². The van der Waals surface area contributed by atoms with Gasteiger partial charge in [0.2, 0.25) is 11.8 Å². The Morgan fingerprint density at radius 2 is 2.00 bits per heavy atom. The molecular weight excluding hydrogens is 244 g/mol. The fourth-order valence-corrected chi connectivity index (χ4v) is 2.57. The number of hydrogen-bond acceptors (Lipinski definition) is 3. The van der Waals surface area contributed by atoms with Gasteiger partial charge in [0.1, 0.15) is 6.04 Å². The predicted octanol–water partition coefficient (Wildman–Crippen LogP) is 0.520. The first-order chi connectivity index (χ1) is 9.04. The van der Waals surface area contributed by atoms with E-state index in [4.69, 9.17) is 0 Å². The highest BCUT2D eigenvalue weighted by Gasteiger charge is 2.41. The van der Waals surface area contributed by atoms with Crippen LogP contribution in [0.3, 0.4) is 0 Å². The first kappa shape index (κ1) is 14.3. The highest BCUT2D eigenvalue weighted by atomic mass is 16.3. The molecule has 1 saturated heterocycles. The molecule has 2 aliphatic rings. The molecule has 0 aromatic carbocycles. The van der Waals surface area contributed by atoms with Crippen LogP contribution in [0.15, 0.2) is 0 Å². The van der Waals surface area contributed by atoms with Gasteiger partial charge < -0.3 is 15.3 Å². The summed E-state index contributed by atoms with van der Waals surface area (Å²) in [6.07, 6.45) is 3.56. The van der Waals surface area contributed by atoms with E-state index in [-0.39, 0.29) is 42.3 Å². The summed E-state index contributed by atoms with van der Waals surface area (Å²) in [5, 5.41) is 12.1. The molecule has 2 amide bonds. The molecule has 0 spiro atoms. The minimum atomic E-state index is -0.333. The lowest BCUT2D eigenvalue weighted by atomic mass is 10.0. The molecule has 1 heterocycles. The number of carbonyl (C=O) groups excluding carboxylic acids is 2. The van der Waals surface area contributed by atoms with Crippen molar-refractivity contribution in [3.05, 3.63) is 0 Å². The number of aliphatic hydroxyl groups is 1. The zero-order chi connectivity index (χ0) is 14.0. The van der Waals surface area contributed by atoms with Gasteiger partial charge in [-0.25, -0.2) is 0 Å². The quantitative estimate of drug-likeness (QED) is 0.764. The van der Waals surface area contributed by atoms with E-state index in [0.29, 0.717) is 6.54 Å². The van der Waals surface area contributed by atoms with E-state index in [9.17, 15) is 14.7 Å². The summed E-state index contributed by atoms with van der Waals surface area (Å²) >= 11 is 0. The Morgan fingerprint density at radius 1 is 1.32 bits per heavy atom. The normalized spacial score (nSPS) is 24.6. The second-order valence-electron chi connectivity index (χ2n) is 6.01. The van der Waals surface area contributed by atoms with Gasteiger partial charge >= 0.3 is 0 Å². The van der Waals surface area contributed by atoms with E-state index in [1.54, 1.807) is 4.90 Å². The lowest BCUT2D eigenvalue weighted by molar-refractivity contribution is -0.139. The van der Waals surface area contributed by atoms with Crippen LogP contribution in [-0.4, -0.2) is 47.1 Å². The van der Waals surface area contributed by atoms with Crippen molar-refractivity contribution in [2.45, 2.75) is 51.6 Å². The molecule has 2 fully saturated rings. The van der Waals surface area contributed by atoms with Crippen molar-refractivity contribution in [2.75, 3.05) is 13.2 Å². The van der Waals surface area contributed by atoms with Crippen LogP contribution in [0.4, 0.5) is 0 Å². The molecule has 1 aliphatic heterocycles. The molecule has 2 N–H and O–H groups in total. The number of aliphatic hydroxyl groups excluding tert-OH is 1. The molecule has 2 atom stereocenters. The van der Waals surface area contributed by atoms with E-state index < -0.39 is 0 Å². The summed E-state index contributed by atoms with van der Waals surface area (Å²) in [5.41, 5.74) is 0. The Bertz CT molecular complexity index is 353. The minimum absolute atomic E-state index is 0.0628. The number of carbonyl (C=O) groups is 2. The van der Waals surface area contributed by atoms with Crippen molar-refractivity contribution >= 4 is 11.8 Å². The molecule has 5 heteroatoms. The SMILES string of the molecule is CC(C)[C@@H](CO)NC(=O)C1CCCN1C(=O)C1CC1. The number of hydrogen-bond donors (Lipinski definition) is 2. The number of nitrogens with zero attached hydrogens (tertiary/aromatic N) is 1. The van der Waals surface area contributed by atoms with Gasteiger partial charge in [0, 0.05) is 12.5 Å². The van der Waals surface area contributed by atoms with E-state index in [2.05, 4.69) is 5.32 Å². The van der Waals surface area contributed by atoms with Crippen LogP contribution < -0.4 is 5.32 Å². The maximum atomic E-state index is 12.3. The molecule has 0 aromatic heterocycles. The van der Waals surface area contributed by atoms with Crippen LogP contribution in [0.1, 0.15) is 39.5 Å². The van der Waals surface area contributed by atoms with Crippen LogP contribution >= 0.6 is 0 Å². The van der Waals surface area contributed by atoms with Crippen molar-refractivity contribution in [1.29, 1.82) is 0 Å². The molecule has 1 unspecified atom stereocenters. The van der Waals surface area contributed by atoms with Crippen molar-refractivity contribution in [1.82, 2.24) is 10.2 Å². The van der Waals surface area contributed by atoms with Gasteiger partial charge in [0.25, 0.3) is 0 Å². The molecular formula is C14H24N2O3. The van der Waals surface area contributed by atoms with Gasteiger partial charge in [0.15, 0.2) is 0 Å². The second kappa shape index (κ2) is 5.90. The summed E-state index contributed by atoms with van der Waals surface area (Å²) in [4.78, 5) is 26.1. The Morgan fingerprint density at radius 3 is 2.53 bits per heavy atom. The molecule has 19 heavy (non-hydrogen) atoms. The summed E-state index contributed by atoms with van der Waals surface area (Å²) in [7, 11) is 0. The maximum Gasteiger partial charge on any atom is 0.243 e. The summed E-state index contributed by atoms with van der Waals surface area (Å²) in [6, 6.07) is -0.563. The molecule has 0 bridgehead atoms. The fourth-order valence-electron chi connectivity index (χ4n) is 2.57. The minimum Gasteiger partial charge on any atom is -0.394 e. The average Bonchev–Trinajstić information content (AvgIpc) is 3.11. The average molecular weight is 268 g/mol. The van der Waals surface area contributed by atoms with E-state index >= 15 is 0 Å². The lowest BCUT2D eigenvalue weighted by Gasteiger charge is -2.27. The molecule has 5 nitrogen and oxygen atoms in total. The van der Waals surface area contributed by atoms with Gasteiger partial charge in [-0.1, -0.05) is 13.8 Å². The Labute approximate surface area is 114 Å². The zero-order valence-electron chi connectivity index (χ0n) is 11.8.